The first kappa shape index (κ1) is 17.3. The third-order valence-corrected chi connectivity index (χ3v) is 1.85. The molecule has 0 aliphatic heterocycles. The molecule has 0 unspecified atom stereocenters. The maximum atomic E-state index is 9.00. The molecule has 0 aliphatic rings. The molecule has 0 saturated heterocycles. The molecule has 0 aromatic rings. The van der Waals surface area contributed by atoms with Gasteiger partial charge < -0.3 is 14.6 Å². The monoisotopic (exact) mass is 234 g/mol. The standard InChI is InChI=1S/C8H17O2.C2H4O2.Al.2H/c1-6(2)9-8(5)10-7(3)4;1-2(3)4;;;/h6-8H,5H2,1-4H3;1H3,(H,3,4);;;. The van der Waals surface area contributed by atoms with Crippen LogP contribution in [-0.2, 0) is 14.3 Å². The van der Waals surface area contributed by atoms with Crippen molar-refractivity contribution in [3.05, 3.63) is 0 Å². The predicted molar refractivity (Wildman–Crippen MR) is 62.9 cm³/mol. The van der Waals surface area contributed by atoms with Crippen molar-refractivity contribution >= 4 is 22.3 Å². The van der Waals surface area contributed by atoms with Crippen molar-refractivity contribution in [3.8, 4) is 0 Å². The van der Waals surface area contributed by atoms with E-state index in [4.69, 9.17) is 19.4 Å². The smallest absolute Gasteiger partial charge is 0.300 e. The molecule has 0 aromatic heterocycles. The van der Waals surface area contributed by atoms with Gasteiger partial charge >= 0.3 is 0 Å². The van der Waals surface area contributed by atoms with Crippen molar-refractivity contribution < 1.29 is 19.4 Å². The predicted octanol–water partition coefficient (Wildman–Crippen LogP) is 1.30. The first-order valence-electron chi connectivity index (χ1n) is 5.30. The van der Waals surface area contributed by atoms with Crippen LogP contribution in [0.4, 0.5) is 0 Å². The summed E-state index contributed by atoms with van der Waals surface area (Å²) in [5, 5.41) is 8.47. The molecule has 90 valence electrons. The van der Waals surface area contributed by atoms with E-state index in [-0.39, 0.29) is 18.5 Å². The number of hydrogen-bond donors (Lipinski definition) is 1. The van der Waals surface area contributed by atoms with E-state index in [9.17, 15) is 0 Å². The molecule has 0 aromatic carbocycles. The molecule has 0 rings (SSSR count). The summed E-state index contributed by atoms with van der Waals surface area (Å²) in [7, 11) is 0. The molecule has 15 heavy (non-hydrogen) atoms. The van der Waals surface area contributed by atoms with Crippen LogP contribution in [0.15, 0.2) is 0 Å². The molecule has 0 amide bonds. The topological polar surface area (TPSA) is 55.8 Å². The number of carboxylic acids is 1. The van der Waals surface area contributed by atoms with Gasteiger partial charge in [0, 0.05) is 6.92 Å². The molecule has 0 aliphatic carbocycles. The fraction of sp³-hybridized carbons (Fsp3) is 0.900. The average Bonchev–Trinajstić information content (AvgIpc) is 2.00. The van der Waals surface area contributed by atoms with Gasteiger partial charge in [-0.05, 0) is 27.7 Å². The van der Waals surface area contributed by atoms with Gasteiger partial charge in [-0.1, -0.05) is 5.28 Å². The molecule has 0 saturated carbocycles. The van der Waals surface area contributed by atoms with Gasteiger partial charge in [0.05, 0.1) is 12.2 Å². The number of ether oxygens (including phenoxy) is 2. The van der Waals surface area contributed by atoms with E-state index < -0.39 is 5.97 Å². The molecule has 0 radical (unpaired) electrons. The molecule has 0 bridgehead atoms. The molecule has 0 heterocycles. The molecular formula is C10H23AlO4. The lowest BCUT2D eigenvalue weighted by Gasteiger charge is -2.21. The average molecular weight is 234 g/mol. The summed E-state index contributed by atoms with van der Waals surface area (Å²) >= 11 is 1.13. The maximum Gasteiger partial charge on any atom is 0.300 e. The number of carbonyl (C=O) groups is 1. The van der Waals surface area contributed by atoms with Gasteiger partial charge in [0.15, 0.2) is 0 Å². The van der Waals surface area contributed by atoms with Crippen molar-refractivity contribution in [2.24, 2.45) is 0 Å². The molecule has 1 N–H and O–H groups in total. The van der Waals surface area contributed by atoms with E-state index in [1.165, 1.54) is 0 Å². The zero-order valence-electron chi connectivity index (χ0n) is 10.6. The van der Waals surface area contributed by atoms with E-state index >= 15 is 0 Å². The highest BCUT2D eigenvalue weighted by molar-refractivity contribution is 6.08. The van der Waals surface area contributed by atoms with Gasteiger partial charge in [-0.3, -0.25) is 4.79 Å². The van der Waals surface area contributed by atoms with E-state index in [2.05, 4.69) is 0 Å². The summed E-state index contributed by atoms with van der Waals surface area (Å²) in [4.78, 5) is 9.00. The first-order valence-corrected chi connectivity index (χ1v) is 6.71. The normalized spacial score (nSPS) is 10.4. The number of hydrogen-bond acceptors (Lipinski definition) is 3. The summed E-state index contributed by atoms with van der Waals surface area (Å²) in [6.45, 7) is 9.23. The summed E-state index contributed by atoms with van der Waals surface area (Å²) < 4.78 is 11.0. The maximum absolute atomic E-state index is 9.00. The molecule has 0 atom stereocenters. The summed E-state index contributed by atoms with van der Waals surface area (Å²) in [5.74, 6) is -0.833. The Bertz CT molecular complexity index is 146. The molecular weight excluding hydrogens is 211 g/mol. The Morgan fingerprint density at radius 3 is 1.60 bits per heavy atom. The fourth-order valence-electron chi connectivity index (χ4n) is 0.832. The second-order valence-electron chi connectivity index (χ2n) is 3.73. The largest absolute Gasteiger partial charge is 0.481 e. The highest BCUT2D eigenvalue weighted by Crippen LogP contribution is 2.06. The van der Waals surface area contributed by atoms with Crippen LogP contribution in [0, 0.1) is 0 Å². The number of aliphatic carboxylic acids is 1. The lowest BCUT2D eigenvalue weighted by atomic mass is 10.4. The van der Waals surface area contributed by atoms with Gasteiger partial charge in [-0.2, -0.15) is 0 Å². The van der Waals surface area contributed by atoms with Crippen LogP contribution in [0.25, 0.3) is 0 Å². The van der Waals surface area contributed by atoms with Crippen LogP contribution in [0.3, 0.4) is 0 Å². The first-order chi connectivity index (χ1) is 6.79. The van der Waals surface area contributed by atoms with E-state index in [1.807, 2.05) is 27.7 Å². The molecule has 0 fully saturated rings. The lowest BCUT2D eigenvalue weighted by molar-refractivity contribution is -0.169. The summed E-state index contributed by atoms with van der Waals surface area (Å²) in [6.07, 6.45) is 0.571. The Labute approximate surface area is 100 Å². The highest BCUT2D eigenvalue weighted by atomic mass is 27.0. The third-order valence-electron chi connectivity index (χ3n) is 1.18. The summed E-state index contributed by atoms with van der Waals surface area (Å²) in [6, 6.07) is 0. The zero-order valence-corrected chi connectivity index (χ0v) is 12.6. The van der Waals surface area contributed by atoms with Crippen LogP contribution >= 0.6 is 0 Å². The van der Waals surface area contributed by atoms with Crippen LogP contribution in [-0.4, -0.2) is 45.9 Å². The van der Waals surface area contributed by atoms with E-state index in [0.29, 0.717) is 0 Å². The Balaban J connectivity index is 0. The lowest BCUT2D eigenvalue weighted by Crippen LogP contribution is -2.23. The zero-order chi connectivity index (χ0) is 12.4. The molecule has 4 nitrogen and oxygen atoms in total. The fourth-order valence-corrected chi connectivity index (χ4v) is 1.22. The van der Waals surface area contributed by atoms with Gasteiger partial charge in [-0.15, -0.1) is 0 Å². The van der Waals surface area contributed by atoms with Crippen LogP contribution in [0.5, 0.6) is 0 Å². The van der Waals surface area contributed by atoms with Crippen LogP contribution < -0.4 is 0 Å². The van der Waals surface area contributed by atoms with Crippen molar-refractivity contribution in [3.63, 3.8) is 0 Å². The molecule has 0 spiro atoms. The Kier molecular flexibility index (Phi) is 12.1. The van der Waals surface area contributed by atoms with Gasteiger partial charge in [0.25, 0.3) is 5.97 Å². The van der Waals surface area contributed by atoms with Crippen LogP contribution in [0.2, 0.25) is 5.28 Å². The number of rotatable bonds is 5. The van der Waals surface area contributed by atoms with Gasteiger partial charge in [0.2, 0.25) is 16.3 Å². The minimum Gasteiger partial charge on any atom is -0.481 e. The van der Waals surface area contributed by atoms with E-state index in [1.54, 1.807) is 0 Å². The minimum atomic E-state index is -0.833. The van der Waals surface area contributed by atoms with Gasteiger partial charge in [-0.25, -0.2) is 0 Å². The van der Waals surface area contributed by atoms with Crippen molar-refractivity contribution in [1.29, 1.82) is 0 Å². The van der Waals surface area contributed by atoms with Crippen molar-refractivity contribution in [2.45, 2.75) is 58.4 Å². The Morgan fingerprint density at radius 2 is 1.47 bits per heavy atom. The van der Waals surface area contributed by atoms with E-state index in [0.717, 1.165) is 28.5 Å². The summed E-state index contributed by atoms with van der Waals surface area (Å²) in [5.41, 5.74) is 0. The minimum absolute atomic E-state index is 0.0293. The van der Waals surface area contributed by atoms with Gasteiger partial charge in [0.1, 0.15) is 6.29 Å². The third kappa shape index (κ3) is 20.1. The SMILES string of the molecule is CC(=O)O.CC(C)OC([CH2][AlH2])OC(C)C. The molecule has 5 heteroatoms. The Hall–Kier alpha value is -0.0775. The second kappa shape index (κ2) is 10.4. The van der Waals surface area contributed by atoms with Crippen LogP contribution in [0.1, 0.15) is 34.6 Å². The van der Waals surface area contributed by atoms with Crippen molar-refractivity contribution in [1.82, 2.24) is 0 Å². The quantitative estimate of drug-likeness (QED) is 0.575. The Morgan fingerprint density at radius 1 is 1.20 bits per heavy atom. The second-order valence-corrected chi connectivity index (χ2v) is 4.54. The van der Waals surface area contributed by atoms with Crippen molar-refractivity contribution in [2.75, 3.05) is 0 Å². The highest BCUT2D eigenvalue weighted by Gasteiger charge is 2.09. The number of carboxylic acid groups (broad SMARTS) is 1.